The molecule has 1 aromatic carbocycles. The molecular formula is C15H20F2N2OS. The van der Waals surface area contributed by atoms with Gasteiger partial charge >= 0.3 is 6.61 Å². The highest BCUT2D eigenvalue weighted by Crippen LogP contribution is 2.22. The summed E-state index contributed by atoms with van der Waals surface area (Å²) in [5.74, 6) is 1.38. The minimum atomic E-state index is -2.80. The van der Waals surface area contributed by atoms with Crippen LogP contribution in [0.3, 0.4) is 0 Å². The molecule has 0 bridgehead atoms. The van der Waals surface area contributed by atoms with E-state index in [1.165, 1.54) is 18.6 Å². The summed E-state index contributed by atoms with van der Waals surface area (Å²) in [6.45, 7) is 3.54. The summed E-state index contributed by atoms with van der Waals surface area (Å²) in [5, 5.41) is 3.82. The van der Waals surface area contributed by atoms with Crippen molar-refractivity contribution >= 4 is 23.0 Å². The lowest BCUT2D eigenvalue weighted by Gasteiger charge is -2.36. The number of hydrogen-bond donors (Lipinski definition) is 1. The van der Waals surface area contributed by atoms with Crippen LogP contribution in [0.5, 0.6) is 5.75 Å². The first-order valence-electron chi connectivity index (χ1n) is 7.05. The highest BCUT2D eigenvalue weighted by atomic mass is 32.1. The van der Waals surface area contributed by atoms with Crippen LogP contribution in [0.1, 0.15) is 20.3 Å². The average Bonchev–Trinajstić information content (AvgIpc) is 2.39. The lowest BCUT2D eigenvalue weighted by Crippen LogP contribution is -2.44. The van der Waals surface area contributed by atoms with E-state index in [4.69, 9.17) is 12.2 Å². The molecule has 0 saturated carbocycles. The predicted molar refractivity (Wildman–Crippen MR) is 83.8 cm³/mol. The Morgan fingerprint density at radius 3 is 2.33 bits per heavy atom. The average molecular weight is 314 g/mol. The van der Waals surface area contributed by atoms with Gasteiger partial charge in [0, 0.05) is 18.8 Å². The minimum Gasteiger partial charge on any atom is -0.435 e. The molecule has 1 fully saturated rings. The van der Waals surface area contributed by atoms with Gasteiger partial charge in [0.2, 0.25) is 0 Å². The first-order valence-corrected chi connectivity index (χ1v) is 7.45. The van der Waals surface area contributed by atoms with Crippen LogP contribution >= 0.6 is 12.2 Å². The van der Waals surface area contributed by atoms with Gasteiger partial charge in [0.1, 0.15) is 5.75 Å². The third-order valence-corrected chi connectivity index (χ3v) is 3.85. The Kier molecular flexibility index (Phi) is 5.33. The Morgan fingerprint density at radius 1 is 1.24 bits per heavy atom. The Morgan fingerprint density at radius 2 is 1.81 bits per heavy atom. The zero-order valence-corrected chi connectivity index (χ0v) is 13.0. The van der Waals surface area contributed by atoms with Gasteiger partial charge in [-0.05, 0) is 54.7 Å². The smallest absolute Gasteiger partial charge is 0.387 e. The highest BCUT2D eigenvalue weighted by Gasteiger charge is 2.23. The number of likely N-dealkylation sites (tertiary alicyclic amines) is 1. The monoisotopic (exact) mass is 314 g/mol. The number of anilines is 1. The van der Waals surface area contributed by atoms with E-state index in [0.717, 1.165) is 18.8 Å². The number of hydrogen-bond acceptors (Lipinski definition) is 2. The van der Waals surface area contributed by atoms with Crippen LogP contribution < -0.4 is 10.1 Å². The molecule has 1 heterocycles. The van der Waals surface area contributed by atoms with Gasteiger partial charge in [-0.2, -0.15) is 8.78 Å². The number of alkyl halides is 2. The van der Waals surface area contributed by atoms with Crippen molar-refractivity contribution in [1.29, 1.82) is 0 Å². The molecule has 1 aliphatic heterocycles. The first-order chi connectivity index (χ1) is 9.94. The molecule has 1 aromatic rings. The first kappa shape index (κ1) is 15.9. The van der Waals surface area contributed by atoms with Crippen molar-refractivity contribution in [3.05, 3.63) is 24.3 Å². The molecule has 0 spiro atoms. The van der Waals surface area contributed by atoms with Gasteiger partial charge in [0.25, 0.3) is 0 Å². The second kappa shape index (κ2) is 7.02. The molecule has 2 rings (SSSR count). The molecule has 0 radical (unpaired) electrons. The number of ether oxygens (including phenoxy) is 1. The van der Waals surface area contributed by atoms with E-state index < -0.39 is 6.61 Å². The molecule has 1 aliphatic rings. The van der Waals surface area contributed by atoms with Gasteiger partial charge in [-0.15, -0.1) is 0 Å². The van der Waals surface area contributed by atoms with Gasteiger partial charge < -0.3 is 15.0 Å². The predicted octanol–water partition coefficient (Wildman–Crippen LogP) is 3.96. The van der Waals surface area contributed by atoms with Crippen molar-refractivity contribution in [2.45, 2.75) is 26.9 Å². The largest absolute Gasteiger partial charge is 0.435 e. The van der Waals surface area contributed by atoms with Gasteiger partial charge in [0.15, 0.2) is 5.11 Å². The normalized spacial score (nSPS) is 22.2. The van der Waals surface area contributed by atoms with Crippen molar-refractivity contribution in [3.8, 4) is 5.75 Å². The van der Waals surface area contributed by atoms with Crippen molar-refractivity contribution in [3.63, 3.8) is 0 Å². The van der Waals surface area contributed by atoms with Gasteiger partial charge in [0.05, 0.1) is 0 Å². The fourth-order valence-electron chi connectivity index (χ4n) is 2.75. The molecule has 3 nitrogen and oxygen atoms in total. The summed E-state index contributed by atoms with van der Waals surface area (Å²) >= 11 is 5.43. The topological polar surface area (TPSA) is 24.5 Å². The molecule has 0 aromatic heterocycles. The molecular weight excluding hydrogens is 294 g/mol. The van der Waals surface area contributed by atoms with Crippen LogP contribution in [-0.2, 0) is 0 Å². The van der Waals surface area contributed by atoms with E-state index in [0.29, 0.717) is 16.9 Å². The third-order valence-electron chi connectivity index (χ3n) is 3.49. The molecule has 0 aliphatic carbocycles. The van der Waals surface area contributed by atoms with Crippen molar-refractivity contribution in [2.24, 2.45) is 11.8 Å². The number of benzene rings is 1. The summed E-state index contributed by atoms with van der Waals surface area (Å²) in [7, 11) is 0. The van der Waals surface area contributed by atoms with Crippen molar-refractivity contribution in [1.82, 2.24) is 4.90 Å². The van der Waals surface area contributed by atoms with Crippen LogP contribution in [0.25, 0.3) is 0 Å². The molecule has 0 unspecified atom stereocenters. The molecule has 2 atom stereocenters. The lowest BCUT2D eigenvalue weighted by atomic mass is 9.92. The second-order valence-corrected chi connectivity index (χ2v) is 6.07. The van der Waals surface area contributed by atoms with Crippen LogP contribution in [-0.4, -0.2) is 29.7 Å². The zero-order valence-electron chi connectivity index (χ0n) is 12.2. The lowest BCUT2D eigenvalue weighted by molar-refractivity contribution is -0.0498. The molecule has 0 amide bonds. The quantitative estimate of drug-likeness (QED) is 0.854. The molecule has 6 heteroatoms. The summed E-state index contributed by atoms with van der Waals surface area (Å²) in [5.41, 5.74) is 0.771. The zero-order chi connectivity index (χ0) is 15.4. The fourth-order valence-corrected chi connectivity index (χ4v) is 3.02. The number of piperidine rings is 1. The Bertz CT molecular complexity index is 471. The van der Waals surface area contributed by atoms with Gasteiger partial charge in [-0.25, -0.2) is 0 Å². The minimum absolute atomic E-state index is 0.140. The summed E-state index contributed by atoms with van der Waals surface area (Å²) in [4.78, 5) is 2.16. The van der Waals surface area contributed by atoms with E-state index in [2.05, 4.69) is 28.8 Å². The summed E-state index contributed by atoms with van der Waals surface area (Å²) in [6.07, 6.45) is 1.22. The van der Waals surface area contributed by atoms with Crippen molar-refractivity contribution in [2.75, 3.05) is 18.4 Å². The van der Waals surface area contributed by atoms with Crippen LogP contribution in [0.4, 0.5) is 14.5 Å². The maximum atomic E-state index is 12.1. The highest BCUT2D eigenvalue weighted by molar-refractivity contribution is 7.80. The van der Waals surface area contributed by atoms with Crippen LogP contribution in [0.2, 0.25) is 0 Å². The maximum Gasteiger partial charge on any atom is 0.387 e. The van der Waals surface area contributed by atoms with Crippen molar-refractivity contribution < 1.29 is 13.5 Å². The fraction of sp³-hybridized carbons (Fsp3) is 0.533. The summed E-state index contributed by atoms with van der Waals surface area (Å²) < 4.78 is 28.5. The third kappa shape index (κ3) is 4.81. The van der Waals surface area contributed by atoms with E-state index in [-0.39, 0.29) is 5.75 Å². The maximum absolute atomic E-state index is 12.1. The summed E-state index contributed by atoms with van der Waals surface area (Å²) in [6, 6.07) is 6.36. The number of nitrogens with one attached hydrogen (secondary N) is 1. The Balaban J connectivity index is 1.93. The molecule has 1 N–H and O–H groups in total. The molecule has 21 heavy (non-hydrogen) atoms. The Hall–Kier alpha value is -1.43. The van der Waals surface area contributed by atoms with E-state index in [1.807, 2.05) is 0 Å². The SMILES string of the molecule is C[C@H]1C[C@H](C)CN(C(=S)Nc2ccc(OC(F)F)cc2)C1. The number of nitrogens with zero attached hydrogens (tertiary/aromatic N) is 1. The van der Waals surface area contributed by atoms with Crippen LogP contribution in [0.15, 0.2) is 24.3 Å². The number of halogens is 2. The van der Waals surface area contributed by atoms with Gasteiger partial charge in [-0.3, -0.25) is 0 Å². The van der Waals surface area contributed by atoms with E-state index in [1.54, 1.807) is 12.1 Å². The van der Waals surface area contributed by atoms with E-state index >= 15 is 0 Å². The van der Waals surface area contributed by atoms with Crippen LogP contribution in [0, 0.1) is 11.8 Å². The standard InChI is InChI=1S/C15H20F2N2OS/c1-10-7-11(2)9-19(8-10)15(21)18-12-3-5-13(6-4-12)20-14(16)17/h3-6,10-11,14H,7-9H2,1-2H3,(H,18,21)/t10-,11-/m0/s1. The second-order valence-electron chi connectivity index (χ2n) is 5.68. The Labute approximate surface area is 129 Å². The molecule has 1 saturated heterocycles. The van der Waals surface area contributed by atoms with E-state index in [9.17, 15) is 8.78 Å². The number of rotatable bonds is 3. The van der Waals surface area contributed by atoms with Gasteiger partial charge in [-0.1, -0.05) is 13.8 Å². The number of thiocarbonyl (C=S) groups is 1. The molecule has 116 valence electrons.